The Morgan fingerprint density at radius 2 is 1.61 bits per heavy atom. The lowest BCUT2D eigenvalue weighted by Crippen LogP contribution is -2.62. The summed E-state index contributed by atoms with van der Waals surface area (Å²) >= 11 is 0. The second-order valence-electron chi connectivity index (χ2n) is 17.9. The number of carbonyl (C=O) groups is 6. The summed E-state index contributed by atoms with van der Waals surface area (Å²) < 4.78 is 34.1. The molecule has 1 saturated carbocycles. The third-order valence-corrected chi connectivity index (χ3v) is 13.2. The molecule has 0 spiro atoms. The van der Waals surface area contributed by atoms with Crippen molar-refractivity contribution in [1.29, 1.82) is 0 Å². The van der Waals surface area contributed by atoms with Gasteiger partial charge in [-0.05, 0) is 40.1 Å². The van der Waals surface area contributed by atoms with Crippen LogP contribution >= 0.6 is 0 Å². The maximum atomic E-state index is 14.5. The van der Waals surface area contributed by atoms with Crippen molar-refractivity contribution in [1.82, 2.24) is 34.8 Å². The molecular weight excluding hydrogens is 755 g/mol. The van der Waals surface area contributed by atoms with E-state index < -0.39 is 80.8 Å². The van der Waals surface area contributed by atoms with Crippen LogP contribution in [-0.2, 0) is 40.7 Å². The van der Waals surface area contributed by atoms with Crippen LogP contribution in [0.4, 0.5) is 9.59 Å². The van der Waals surface area contributed by atoms with Gasteiger partial charge in [-0.2, -0.15) is 17.0 Å². The fraction of sp³-hybridized carbons (Fsp3) is 0.650. The molecule has 3 fully saturated rings. The average molecular weight is 816 g/mol. The number of ketones is 1. The van der Waals surface area contributed by atoms with Crippen LogP contribution in [0.25, 0.3) is 0 Å². The van der Waals surface area contributed by atoms with Crippen molar-refractivity contribution in [2.75, 3.05) is 32.7 Å². The van der Waals surface area contributed by atoms with Crippen molar-refractivity contribution in [3.63, 3.8) is 0 Å². The first-order valence-electron chi connectivity index (χ1n) is 19.6. The molecule has 4 N–H and O–H groups in total. The van der Waals surface area contributed by atoms with Gasteiger partial charge < -0.3 is 30.9 Å². The van der Waals surface area contributed by atoms with Crippen LogP contribution in [0, 0.1) is 28.1 Å². The lowest BCUT2D eigenvalue weighted by molar-refractivity contribution is -0.145. The summed E-state index contributed by atoms with van der Waals surface area (Å²) in [6.45, 7) is 20.2. The van der Waals surface area contributed by atoms with Gasteiger partial charge in [0.05, 0.1) is 12.6 Å². The van der Waals surface area contributed by atoms with Gasteiger partial charge in [-0.3, -0.25) is 19.2 Å². The first-order valence-corrected chi connectivity index (χ1v) is 21.0. The number of nitrogens with zero attached hydrogens (tertiary/aromatic N) is 3. The lowest BCUT2D eigenvalue weighted by Gasteiger charge is -2.39. The Morgan fingerprint density at radius 1 is 0.965 bits per heavy atom. The molecule has 2 unspecified atom stereocenters. The Bertz CT molecular complexity index is 1810. The van der Waals surface area contributed by atoms with Crippen LogP contribution in [0.1, 0.15) is 80.7 Å². The molecule has 4 rings (SSSR count). The van der Waals surface area contributed by atoms with Crippen molar-refractivity contribution in [3.05, 3.63) is 48.6 Å². The maximum absolute atomic E-state index is 14.5. The van der Waals surface area contributed by atoms with Crippen LogP contribution in [-0.4, -0.2) is 114 Å². The number of amides is 6. The van der Waals surface area contributed by atoms with Crippen LogP contribution in [0.3, 0.4) is 0 Å². The topological polar surface area (TPSA) is 204 Å². The van der Waals surface area contributed by atoms with Gasteiger partial charge in [-0.15, -0.1) is 6.58 Å². The van der Waals surface area contributed by atoms with Gasteiger partial charge in [0.25, 0.3) is 5.91 Å². The summed E-state index contributed by atoms with van der Waals surface area (Å²) in [6.07, 6.45) is 1.18. The minimum absolute atomic E-state index is 0.00530. The number of hydrogen-bond donors (Lipinski definition) is 4. The van der Waals surface area contributed by atoms with Crippen LogP contribution in [0.2, 0.25) is 0 Å². The van der Waals surface area contributed by atoms with Gasteiger partial charge >= 0.3 is 22.3 Å². The van der Waals surface area contributed by atoms with Crippen LogP contribution < -0.4 is 21.3 Å². The van der Waals surface area contributed by atoms with E-state index >= 15 is 0 Å². The van der Waals surface area contributed by atoms with E-state index in [1.54, 1.807) is 45.0 Å². The fourth-order valence-electron chi connectivity index (χ4n) is 7.66. The van der Waals surface area contributed by atoms with E-state index in [0.29, 0.717) is 16.3 Å². The molecule has 1 aliphatic carbocycles. The zero-order valence-corrected chi connectivity index (χ0v) is 35.5. The van der Waals surface area contributed by atoms with Crippen LogP contribution in [0.5, 0.6) is 0 Å². The number of rotatable bonds is 15. The fourth-order valence-corrected chi connectivity index (χ4v) is 9.14. The van der Waals surface area contributed by atoms with Crippen LogP contribution in [0.15, 0.2) is 43.0 Å². The standard InChI is InChI=1S/C40H61N7O9S/c1-11-16-27(31(48)34(50)41-19-12-2)42-33(49)30-29-26(40(29,9)10)22-46(30)35(51)32(39(6,7)8)44-36(52)43-28(38(3,4)5)23-45-20-21-47(57(45,54)55)37(53)56-24-25-17-14-13-15-18-25/h12-15,17-18,26-30,32H,2,11,16,19-24H2,1,3-10H3,(H,41,50)(H,42,49)(H2,43,44,52)/t26-,27?,28+,29-,30?,32+/m0/s1. The molecule has 17 heteroatoms. The van der Waals surface area contributed by atoms with Gasteiger partial charge in [0.2, 0.25) is 17.6 Å². The molecular formula is C40H61N7O9S. The van der Waals surface area contributed by atoms with Crippen molar-refractivity contribution in [2.45, 2.75) is 106 Å². The number of benzene rings is 1. The summed E-state index contributed by atoms with van der Waals surface area (Å²) in [5, 5.41) is 10.9. The highest BCUT2D eigenvalue weighted by Gasteiger charge is 2.70. The molecule has 6 amide bonds. The zero-order chi connectivity index (χ0) is 42.7. The predicted molar refractivity (Wildman–Crippen MR) is 213 cm³/mol. The van der Waals surface area contributed by atoms with Crippen molar-refractivity contribution in [2.24, 2.45) is 28.1 Å². The molecule has 1 aromatic carbocycles. The smallest absolute Gasteiger partial charge is 0.424 e. The normalized spacial score (nSPS) is 22.6. The molecule has 16 nitrogen and oxygen atoms in total. The molecule has 1 aromatic rings. The SMILES string of the molecule is C=CCNC(=O)C(=O)C(CCC)NC(=O)C1[C@@H]2[C@H](CN1C(=O)[C@@H](NC(=O)N[C@H](CN1CCN(C(=O)OCc3ccccc3)S1(=O)=O)C(C)(C)C)C(C)(C)C)C2(C)C. The molecule has 2 aliphatic heterocycles. The van der Waals surface area contributed by atoms with E-state index in [-0.39, 0.29) is 63.0 Å². The Balaban J connectivity index is 1.48. The third kappa shape index (κ3) is 10.3. The number of piperidine rings is 1. The number of hydrogen-bond acceptors (Lipinski definition) is 9. The second-order valence-corrected chi connectivity index (χ2v) is 19.8. The van der Waals surface area contributed by atoms with Crippen molar-refractivity contribution in [3.8, 4) is 0 Å². The molecule has 0 bridgehead atoms. The monoisotopic (exact) mass is 815 g/mol. The molecule has 6 atom stereocenters. The minimum atomic E-state index is -4.27. The van der Waals surface area contributed by atoms with Gasteiger partial charge in [-0.1, -0.05) is 105 Å². The van der Waals surface area contributed by atoms with Crippen molar-refractivity contribution < 1.29 is 41.9 Å². The average Bonchev–Trinajstić information content (AvgIpc) is 3.39. The molecule has 2 heterocycles. The van der Waals surface area contributed by atoms with E-state index in [1.807, 2.05) is 47.6 Å². The highest BCUT2D eigenvalue weighted by molar-refractivity contribution is 7.87. The Morgan fingerprint density at radius 3 is 2.19 bits per heavy atom. The summed E-state index contributed by atoms with van der Waals surface area (Å²) in [7, 11) is -4.27. The Labute approximate surface area is 337 Å². The number of Topliss-reactive ketones (excluding diaryl/α,β-unsaturated/α-hetero) is 1. The highest BCUT2D eigenvalue weighted by Crippen LogP contribution is 2.65. The first-order chi connectivity index (χ1) is 26.5. The van der Waals surface area contributed by atoms with E-state index in [0.717, 1.165) is 4.31 Å². The highest BCUT2D eigenvalue weighted by atomic mass is 32.2. The number of nitrogens with one attached hydrogen (secondary N) is 4. The maximum Gasteiger partial charge on any atom is 0.424 e. The van der Waals surface area contributed by atoms with E-state index in [9.17, 15) is 37.2 Å². The molecule has 0 radical (unpaired) electrons. The predicted octanol–water partition coefficient (Wildman–Crippen LogP) is 2.95. The van der Waals surface area contributed by atoms with Gasteiger partial charge in [0.15, 0.2) is 0 Å². The Kier molecular flexibility index (Phi) is 13.9. The summed E-state index contributed by atoms with van der Waals surface area (Å²) in [5.74, 6) is -2.85. The quantitative estimate of drug-likeness (QED) is 0.152. The third-order valence-electron chi connectivity index (χ3n) is 11.3. The summed E-state index contributed by atoms with van der Waals surface area (Å²) in [6, 6.07) is 4.26. The minimum Gasteiger partial charge on any atom is -0.444 e. The van der Waals surface area contributed by atoms with E-state index in [2.05, 4.69) is 27.8 Å². The molecule has 316 valence electrons. The van der Waals surface area contributed by atoms with E-state index in [4.69, 9.17) is 4.74 Å². The van der Waals surface area contributed by atoms with E-state index in [1.165, 1.54) is 11.0 Å². The van der Waals surface area contributed by atoms with Gasteiger partial charge in [-0.25, -0.2) is 9.59 Å². The zero-order valence-electron chi connectivity index (χ0n) is 34.7. The number of carbonyl (C=O) groups excluding carboxylic acids is 6. The first kappa shape index (κ1) is 45.2. The molecule has 0 aromatic heterocycles. The number of ether oxygens (including phenoxy) is 1. The van der Waals surface area contributed by atoms with Crippen molar-refractivity contribution >= 4 is 45.8 Å². The number of likely N-dealkylation sites (tertiary alicyclic amines) is 1. The summed E-state index contributed by atoms with van der Waals surface area (Å²) in [4.78, 5) is 82.3. The molecule has 3 aliphatic rings. The van der Waals surface area contributed by atoms with Gasteiger partial charge in [0.1, 0.15) is 18.7 Å². The second kappa shape index (κ2) is 17.5. The Hall–Kier alpha value is -4.51. The molecule has 57 heavy (non-hydrogen) atoms. The van der Waals surface area contributed by atoms with Gasteiger partial charge in [0, 0.05) is 32.2 Å². The summed E-state index contributed by atoms with van der Waals surface area (Å²) in [5.41, 5.74) is -1.06. The lowest BCUT2D eigenvalue weighted by atomic mass is 9.85. The number of fused-ring (bicyclic) bond motifs is 1. The number of urea groups is 1. The molecule has 2 saturated heterocycles. The largest absolute Gasteiger partial charge is 0.444 e.